The summed E-state index contributed by atoms with van der Waals surface area (Å²) in [5, 5.41) is 0.840. The van der Waals surface area contributed by atoms with Crippen LogP contribution in [0.2, 0.25) is 0 Å². The molecule has 0 saturated heterocycles. The summed E-state index contributed by atoms with van der Waals surface area (Å²) in [5.74, 6) is 0. The Balaban J connectivity index is 1.73. The van der Waals surface area contributed by atoms with Gasteiger partial charge in [0.25, 0.3) is 5.56 Å². The Morgan fingerprint density at radius 2 is 1.93 bits per heavy atom. The Morgan fingerprint density at radius 3 is 2.78 bits per heavy atom. The number of rotatable bonds is 6. The molecule has 0 unspecified atom stereocenters. The highest BCUT2D eigenvalue weighted by Gasteiger charge is 2.16. The lowest BCUT2D eigenvalue weighted by Crippen LogP contribution is -2.12. The molecule has 0 atom stereocenters. The van der Waals surface area contributed by atoms with Crippen molar-refractivity contribution in [1.82, 2.24) is 15.0 Å². The van der Waals surface area contributed by atoms with Crippen LogP contribution in [-0.4, -0.2) is 35.3 Å². The van der Waals surface area contributed by atoms with E-state index in [4.69, 9.17) is 15.2 Å². The van der Waals surface area contributed by atoms with Crippen molar-refractivity contribution >= 4 is 27.6 Å². The number of para-hydroxylation sites is 2. The first kappa shape index (κ1) is 17.3. The van der Waals surface area contributed by atoms with Crippen molar-refractivity contribution in [2.45, 2.75) is 6.61 Å². The summed E-state index contributed by atoms with van der Waals surface area (Å²) in [6.07, 6.45) is 0. The van der Waals surface area contributed by atoms with E-state index in [0.29, 0.717) is 42.2 Å². The number of nitrogens with one attached hydrogen (secondary N) is 2. The molecule has 0 fully saturated rings. The average Bonchev–Trinajstić information content (AvgIpc) is 3.01. The highest BCUT2D eigenvalue weighted by atomic mass is 16.5. The molecule has 0 spiro atoms. The number of H-pyrrole nitrogens is 2. The number of nitrogens with zero attached hydrogens (tertiary/aromatic N) is 1. The van der Waals surface area contributed by atoms with Gasteiger partial charge in [-0.2, -0.15) is 0 Å². The van der Waals surface area contributed by atoms with Crippen molar-refractivity contribution in [2.24, 2.45) is 0 Å². The molecule has 0 aliphatic heterocycles. The number of ether oxygens (including phenoxy) is 2. The van der Waals surface area contributed by atoms with Crippen LogP contribution in [0.1, 0.15) is 5.56 Å². The van der Waals surface area contributed by atoms with Crippen molar-refractivity contribution < 1.29 is 9.47 Å². The molecule has 2 aromatic heterocycles. The molecule has 7 heteroatoms. The molecule has 0 aliphatic rings. The molecule has 4 aromatic rings. The molecule has 7 nitrogen and oxygen atoms in total. The number of methoxy groups -OCH3 is 1. The van der Waals surface area contributed by atoms with Gasteiger partial charge in [-0.25, -0.2) is 4.98 Å². The van der Waals surface area contributed by atoms with E-state index in [1.165, 1.54) is 0 Å². The van der Waals surface area contributed by atoms with Gasteiger partial charge in [0.1, 0.15) is 0 Å². The summed E-state index contributed by atoms with van der Waals surface area (Å²) in [6, 6.07) is 13.3. The fraction of sp³-hybridized carbons (Fsp3) is 0.200. The summed E-state index contributed by atoms with van der Waals surface area (Å²) in [4.78, 5) is 23.1. The van der Waals surface area contributed by atoms with Gasteiger partial charge in [-0.1, -0.05) is 18.2 Å². The molecule has 138 valence electrons. The Labute approximate surface area is 155 Å². The number of nitrogens with two attached hydrogens (primary N) is 1. The first-order valence-electron chi connectivity index (χ1n) is 8.63. The van der Waals surface area contributed by atoms with E-state index in [9.17, 15) is 4.79 Å². The van der Waals surface area contributed by atoms with Gasteiger partial charge >= 0.3 is 0 Å². The van der Waals surface area contributed by atoms with Crippen LogP contribution >= 0.6 is 0 Å². The highest BCUT2D eigenvalue weighted by molar-refractivity contribution is 6.00. The third-order valence-electron chi connectivity index (χ3n) is 4.44. The Bertz CT molecular complexity index is 1160. The maximum Gasteiger partial charge on any atom is 0.276 e. The molecule has 0 saturated carbocycles. The number of hydrogen-bond acceptors (Lipinski definition) is 5. The predicted molar refractivity (Wildman–Crippen MR) is 106 cm³/mol. The summed E-state index contributed by atoms with van der Waals surface area (Å²) < 4.78 is 10.5. The third kappa shape index (κ3) is 3.30. The van der Waals surface area contributed by atoms with Crippen LogP contribution in [0.3, 0.4) is 0 Å². The Hall–Kier alpha value is -3.16. The van der Waals surface area contributed by atoms with Gasteiger partial charge < -0.3 is 25.2 Å². The van der Waals surface area contributed by atoms with E-state index >= 15 is 0 Å². The zero-order chi connectivity index (χ0) is 18.8. The van der Waals surface area contributed by atoms with Gasteiger partial charge in [-0.05, 0) is 29.8 Å². The molecule has 2 aromatic carbocycles. The van der Waals surface area contributed by atoms with Crippen LogP contribution in [0.5, 0.6) is 0 Å². The lowest BCUT2D eigenvalue weighted by atomic mass is 10.1. The van der Waals surface area contributed by atoms with E-state index in [1.54, 1.807) is 7.11 Å². The van der Waals surface area contributed by atoms with E-state index < -0.39 is 0 Å². The van der Waals surface area contributed by atoms with Crippen molar-refractivity contribution in [3.63, 3.8) is 0 Å². The maximum atomic E-state index is 12.5. The van der Waals surface area contributed by atoms with E-state index in [1.807, 2.05) is 42.5 Å². The van der Waals surface area contributed by atoms with E-state index in [-0.39, 0.29) is 11.3 Å². The highest BCUT2D eigenvalue weighted by Crippen LogP contribution is 2.31. The molecule has 0 aliphatic carbocycles. The first-order valence-corrected chi connectivity index (χ1v) is 8.63. The molecule has 2 heterocycles. The summed E-state index contributed by atoms with van der Waals surface area (Å²) in [6.45, 7) is 1.54. The molecule has 0 bridgehead atoms. The minimum absolute atomic E-state index is 0.278. The van der Waals surface area contributed by atoms with Crippen LogP contribution in [0, 0.1) is 0 Å². The fourth-order valence-electron chi connectivity index (χ4n) is 3.07. The van der Waals surface area contributed by atoms with Crippen LogP contribution in [0.15, 0.2) is 47.3 Å². The predicted octanol–water partition coefficient (Wildman–Crippen LogP) is 2.82. The minimum Gasteiger partial charge on any atom is -0.396 e. The van der Waals surface area contributed by atoms with Gasteiger partial charge in [0.05, 0.1) is 42.2 Å². The first-order chi connectivity index (χ1) is 13.2. The van der Waals surface area contributed by atoms with Gasteiger partial charge in [0, 0.05) is 18.0 Å². The Morgan fingerprint density at radius 1 is 1.07 bits per heavy atom. The molecule has 0 amide bonds. The van der Waals surface area contributed by atoms with Crippen LogP contribution in [0.4, 0.5) is 5.69 Å². The van der Waals surface area contributed by atoms with E-state index in [2.05, 4.69) is 15.0 Å². The summed E-state index contributed by atoms with van der Waals surface area (Å²) in [5.41, 5.74) is 10.6. The van der Waals surface area contributed by atoms with Crippen molar-refractivity contribution in [1.29, 1.82) is 0 Å². The zero-order valence-electron chi connectivity index (χ0n) is 14.9. The maximum absolute atomic E-state index is 12.5. The number of benzene rings is 2. The minimum atomic E-state index is -0.282. The van der Waals surface area contributed by atoms with Crippen LogP contribution in [-0.2, 0) is 16.1 Å². The van der Waals surface area contributed by atoms with Crippen LogP contribution < -0.4 is 11.3 Å². The fourth-order valence-corrected chi connectivity index (χ4v) is 3.07. The van der Waals surface area contributed by atoms with Gasteiger partial charge in [-0.15, -0.1) is 0 Å². The van der Waals surface area contributed by atoms with Gasteiger partial charge in [-0.3, -0.25) is 4.79 Å². The third-order valence-corrected chi connectivity index (χ3v) is 4.44. The number of anilines is 1. The molecule has 0 radical (unpaired) electrons. The standard InChI is InChI=1S/C20H20N4O3/c1-26-8-9-27-11-12-6-7-14-13(10-12)17(21)18(22-14)19-20(25)24-16-5-3-2-4-15(16)23-19/h2-7,10,22H,8-9,11,21H2,1H3,(H,24,25). The molecule has 27 heavy (non-hydrogen) atoms. The van der Waals surface area contributed by atoms with Crippen molar-refractivity contribution in [3.05, 3.63) is 58.4 Å². The second-order valence-corrected chi connectivity index (χ2v) is 6.27. The van der Waals surface area contributed by atoms with Gasteiger partial charge in [0.2, 0.25) is 0 Å². The number of aromatic amines is 2. The summed E-state index contributed by atoms with van der Waals surface area (Å²) in [7, 11) is 1.64. The molecular formula is C20H20N4O3. The van der Waals surface area contributed by atoms with Crippen molar-refractivity contribution in [2.75, 3.05) is 26.1 Å². The van der Waals surface area contributed by atoms with Gasteiger partial charge in [0.15, 0.2) is 5.69 Å². The lowest BCUT2D eigenvalue weighted by molar-refractivity contribution is 0.0617. The number of fused-ring (bicyclic) bond motifs is 2. The zero-order valence-corrected chi connectivity index (χ0v) is 14.9. The Kier molecular flexibility index (Phi) is 4.62. The second kappa shape index (κ2) is 7.22. The number of hydrogen-bond donors (Lipinski definition) is 3. The normalized spacial score (nSPS) is 11.4. The number of nitrogen functional groups attached to an aromatic ring is 1. The topological polar surface area (TPSA) is 106 Å². The smallest absolute Gasteiger partial charge is 0.276 e. The SMILES string of the molecule is COCCOCc1ccc2[nH]c(-c3nc4ccccc4[nH]c3=O)c(N)c2c1. The van der Waals surface area contributed by atoms with Crippen molar-refractivity contribution in [3.8, 4) is 11.4 Å². The second-order valence-electron chi connectivity index (χ2n) is 6.27. The number of aromatic nitrogens is 3. The largest absolute Gasteiger partial charge is 0.396 e. The molecular weight excluding hydrogens is 344 g/mol. The summed E-state index contributed by atoms with van der Waals surface area (Å²) >= 11 is 0. The average molecular weight is 364 g/mol. The monoisotopic (exact) mass is 364 g/mol. The van der Waals surface area contributed by atoms with E-state index in [0.717, 1.165) is 16.5 Å². The quantitative estimate of drug-likeness (QED) is 0.456. The lowest BCUT2D eigenvalue weighted by Gasteiger charge is -2.04. The molecule has 4 rings (SSSR count). The van der Waals surface area contributed by atoms with Crippen LogP contribution in [0.25, 0.3) is 33.3 Å². The molecule has 4 N–H and O–H groups in total.